The molecule has 0 saturated carbocycles. The van der Waals surface area contributed by atoms with E-state index in [1.165, 1.54) is 4.90 Å². The second kappa shape index (κ2) is 9.09. The third-order valence-electron chi connectivity index (χ3n) is 3.43. The summed E-state index contributed by atoms with van der Waals surface area (Å²) in [5.74, 6) is -0.415. The van der Waals surface area contributed by atoms with Crippen LogP contribution in [0.1, 0.15) is 60.8 Å². The molecule has 0 aromatic rings. The standard InChI is InChI=1S/C18H32N2O6/c1-17(2,3)25-15(22)19-10-8-7-9-13-14(21)24-12-11-20(13)16(23)26-18(4,5)6/h13H,7-12H2,1-6H3,(H,19,22)/t13-/m0/s1. The first-order chi connectivity index (χ1) is 11.9. The van der Waals surface area contributed by atoms with Crippen molar-refractivity contribution in [2.24, 2.45) is 0 Å². The van der Waals surface area contributed by atoms with Crippen LogP contribution in [0, 0.1) is 0 Å². The predicted octanol–water partition coefficient (Wildman–Crippen LogP) is 2.84. The number of nitrogens with zero attached hydrogens (tertiary/aromatic N) is 1. The molecule has 1 saturated heterocycles. The first-order valence-corrected chi connectivity index (χ1v) is 9.02. The Kier molecular flexibility index (Phi) is 7.71. The molecule has 8 heteroatoms. The summed E-state index contributed by atoms with van der Waals surface area (Å²) in [6, 6.07) is -0.653. The Morgan fingerprint density at radius 3 is 2.31 bits per heavy atom. The normalized spacial score (nSPS) is 18.2. The molecule has 1 N–H and O–H groups in total. The van der Waals surface area contributed by atoms with Crippen molar-refractivity contribution < 1.29 is 28.6 Å². The third kappa shape index (κ3) is 8.40. The van der Waals surface area contributed by atoms with Crippen molar-refractivity contribution in [3.63, 3.8) is 0 Å². The average Bonchev–Trinajstić information content (AvgIpc) is 2.44. The number of unbranched alkanes of at least 4 members (excludes halogenated alkanes) is 1. The van der Waals surface area contributed by atoms with Crippen LogP contribution in [0.2, 0.25) is 0 Å². The van der Waals surface area contributed by atoms with Gasteiger partial charge in [-0.3, -0.25) is 4.90 Å². The molecule has 1 aliphatic rings. The van der Waals surface area contributed by atoms with E-state index < -0.39 is 35.4 Å². The lowest BCUT2D eigenvalue weighted by Crippen LogP contribution is -2.52. The maximum absolute atomic E-state index is 12.3. The zero-order valence-corrected chi connectivity index (χ0v) is 16.7. The highest BCUT2D eigenvalue weighted by Gasteiger charge is 2.36. The van der Waals surface area contributed by atoms with Gasteiger partial charge in [0, 0.05) is 6.54 Å². The number of amides is 2. The molecule has 150 valence electrons. The third-order valence-corrected chi connectivity index (χ3v) is 3.43. The van der Waals surface area contributed by atoms with Crippen molar-refractivity contribution in [1.29, 1.82) is 0 Å². The van der Waals surface area contributed by atoms with Crippen molar-refractivity contribution in [2.45, 2.75) is 78.0 Å². The summed E-state index contributed by atoms with van der Waals surface area (Å²) in [6.07, 6.45) is 0.782. The molecule has 26 heavy (non-hydrogen) atoms. The molecular formula is C18H32N2O6. The Balaban J connectivity index is 2.43. The van der Waals surface area contributed by atoms with E-state index >= 15 is 0 Å². The maximum atomic E-state index is 12.3. The number of carbonyl (C=O) groups is 3. The van der Waals surface area contributed by atoms with Gasteiger partial charge in [-0.2, -0.15) is 0 Å². The molecule has 1 heterocycles. The molecule has 1 fully saturated rings. The Hall–Kier alpha value is -1.99. The van der Waals surface area contributed by atoms with Crippen molar-refractivity contribution >= 4 is 18.2 Å². The summed E-state index contributed by atoms with van der Waals surface area (Å²) >= 11 is 0. The number of alkyl carbamates (subject to hydrolysis) is 1. The van der Waals surface area contributed by atoms with Crippen molar-refractivity contribution in [3.8, 4) is 0 Å². The van der Waals surface area contributed by atoms with Gasteiger partial charge in [0.1, 0.15) is 23.9 Å². The van der Waals surface area contributed by atoms with Crippen LogP contribution in [0.4, 0.5) is 9.59 Å². The average molecular weight is 372 g/mol. The minimum Gasteiger partial charge on any atom is -0.462 e. The molecule has 1 atom stereocenters. The molecule has 0 spiro atoms. The SMILES string of the molecule is CC(C)(C)OC(=O)NCCCC[C@H]1C(=O)OCCN1C(=O)OC(C)(C)C. The number of morpholine rings is 1. The van der Waals surface area contributed by atoms with Crippen LogP contribution in [0.15, 0.2) is 0 Å². The highest BCUT2D eigenvalue weighted by atomic mass is 16.6. The van der Waals surface area contributed by atoms with Crippen LogP contribution in [0.5, 0.6) is 0 Å². The molecule has 1 aliphatic heterocycles. The number of hydrogen-bond acceptors (Lipinski definition) is 6. The number of esters is 1. The minimum absolute atomic E-state index is 0.175. The van der Waals surface area contributed by atoms with Crippen LogP contribution in [-0.2, 0) is 19.0 Å². The van der Waals surface area contributed by atoms with E-state index in [1.807, 2.05) is 0 Å². The van der Waals surface area contributed by atoms with E-state index in [2.05, 4.69) is 5.32 Å². The van der Waals surface area contributed by atoms with Gasteiger partial charge in [0.2, 0.25) is 0 Å². The van der Waals surface area contributed by atoms with E-state index in [1.54, 1.807) is 41.5 Å². The Morgan fingerprint density at radius 1 is 1.12 bits per heavy atom. The van der Waals surface area contributed by atoms with Gasteiger partial charge in [-0.15, -0.1) is 0 Å². The molecule has 2 amide bonds. The van der Waals surface area contributed by atoms with Gasteiger partial charge in [0.05, 0.1) is 6.54 Å². The lowest BCUT2D eigenvalue weighted by molar-refractivity contribution is -0.157. The van der Waals surface area contributed by atoms with Crippen LogP contribution in [-0.4, -0.2) is 60.0 Å². The number of cyclic esters (lactones) is 1. The quantitative estimate of drug-likeness (QED) is 0.453. The van der Waals surface area contributed by atoms with E-state index in [-0.39, 0.29) is 6.61 Å². The summed E-state index contributed by atoms with van der Waals surface area (Å²) in [7, 11) is 0. The fourth-order valence-corrected chi connectivity index (χ4v) is 2.40. The maximum Gasteiger partial charge on any atom is 0.411 e. The molecule has 0 aromatic carbocycles. The van der Waals surface area contributed by atoms with Gasteiger partial charge in [-0.25, -0.2) is 14.4 Å². The van der Waals surface area contributed by atoms with Crippen LogP contribution < -0.4 is 5.32 Å². The Labute approximate surface area is 155 Å². The molecule has 8 nitrogen and oxygen atoms in total. The molecule has 0 aromatic heterocycles. The van der Waals surface area contributed by atoms with Gasteiger partial charge in [-0.05, 0) is 60.8 Å². The molecule has 1 rings (SSSR count). The minimum atomic E-state index is -0.653. The van der Waals surface area contributed by atoms with Crippen LogP contribution in [0.3, 0.4) is 0 Å². The largest absolute Gasteiger partial charge is 0.462 e. The number of carbonyl (C=O) groups excluding carboxylic acids is 3. The molecule has 0 aliphatic carbocycles. The lowest BCUT2D eigenvalue weighted by atomic mass is 10.1. The fraction of sp³-hybridized carbons (Fsp3) is 0.833. The number of rotatable bonds is 5. The zero-order valence-electron chi connectivity index (χ0n) is 16.7. The van der Waals surface area contributed by atoms with Gasteiger partial charge in [-0.1, -0.05) is 0 Å². The van der Waals surface area contributed by atoms with E-state index in [0.717, 1.165) is 0 Å². The van der Waals surface area contributed by atoms with E-state index in [0.29, 0.717) is 32.4 Å². The Morgan fingerprint density at radius 2 is 1.73 bits per heavy atom. The van der Waals surface area contributed by atoms with Crippen molar-refractivity contribution in [1.82, 2.24) is 10.2 Å². The van der Waals surface area contributed by atoms with Gasteiger partial charge >= 0.3 is 18.2 Å². The van der Waals surface area contributed by atoms with E-state index in [9.17, 15) is 14.4 Å². The number of nitrogens with one attached hydrogen (secondary N) is 1. The summed E-state index contributed by atoms with van der Waals surface area (Å²) in [5, 5.41) is 2.67. The first-order valence-electron chi connectivity index (χ1n) is 9.02. The summed E-state index contributed by atoms with van der Waals surface area (Å²) in [4.78, 5) is 37.3. The molecular weight excluding hydrogens is 340 g/mol. The zero-order chi connectivity index (χ0) is 20.0. The molecule has 0 unspecified atom stereocenters. The lowest BCUT2D eigenvalue weighted by Gasteiger charge is -2.35. The van der Waals surface area contributed by atoms with Gasteiger partial charge in [0.15, 0.2) is 0 Å². The predicted molar refractivity (Wildman–Crippen MR) is 95.8 cm³/mol. The monoisotopic (exact) mass is 372 g/mol. The van der Waals surface area contributed by atoms with Crippen LogP contribution in [0.25, 0.3) is 0 Å². The second-order valence-corrected chi connectivity index (χ2v) is 8.28. The number of hydrogen-bond donors (Lipinski definition) is 1. The summed E-state index contributed by atoms with van der Waals surface area (Å²) in [5.41, 5.74) is -1.16. The number of ether oxygens (including phenoxy) is 3. The molecule has 0 radical (unpaired) electrons. The summed E-state index contributed by atoms with van der Waals surface area (Å²) in [6.45, 7) is 11.7. The first kappa shape index (κ1) is 22.1. The van der Waals surface area contributed by atoms with Gasteiger partial charge < -0.3 is 19.5 Å². The second-order valence-electron chi connectivity index (χ2n) is 8.28. The topological polar surface area (TPSA) is 94.2 Å². The molecule has 0 bridgehead atoms. The van der Waals surface area contributed by atoms with Crippen molar-refractivity contribution in [3.05, 3.63) is 0 Å². The van der Waals surface area contributed by atoms with Crippen molar-refractivity contribution in [2.75, 3.05) is 19.7 Å². The Bertz CT molecular complexity index is 507. The van der Waals surface area contributed by atoms with Gasteiger partial charge in [0.25, 0.3) is 0 Å². The fourth-order valence-electron chi connectivity index (χ4n) is 2.40. The smallest absolute Gasteiger partial charge is 0.411 e. The summed E-state index contributed by atoms with van der Waals surface area (Å²) < 4.78 is 15.6. The van der Waals surface area contributed by atoms with E-state index in [4.69, 9.17) is 14.2 Å². The highest BCUT2D eigenvalue weighted by molar-refractivity contribution is 5.82. The highest BCUT2D eigenvalue weighted by Crippen LogP contribution is 2.19. The van der Waals surface area contributed by atoms with Crippen LogP contribution >= 0.6 is 0 Å².